The average Bonchev–Trinajstić information content (AvgIpc) is 3.12. The number of aromatic amines is 1. The third kappa shape index (κ3) is 2.21. The molecule has 3 aliphatic rings. The van der Waals surface area contributed by atoms with Gasteiger partial charge >= 0.3 is 0 Å². The first-order valence-electron chi connectivity index (χ1n) is 9.60. The first kappa shape index (κ1) is 16.8. The van der Waals surface area contributed by atoms with Gasteiger partial charge in [-0.05, 0) is 49.3 Å². The van der Waals surface area contributed by atoms with Gasteiger partial charge in [-0.1, -0.05) is 6.42 Å². The molecule has 0 aromatic carbocycles. The number of hydrogen-bond acceptors (Lipinski definition) is 6. The molecule has 6 rings (SSSR count). The van der Waals surface area contributed by atoms with Crippen molar-refractivity contribution in [3.63, 3.8) is 0 Å². The van der Waals surface area contributed by atoms with Gasteiger partial charge in [0.25, 0.3) is 11.5 Å². The summed E-state index contributed by atoms with van der Waals surface area (Å²) in [5.74, 6) is 0.219. The van der Waals surface area contributed by atoms with Crippen LogP contribution in [0, 0.1) is 5.41 Å². The minimum atomic E-state index is -0.711. The van der Waals surface area contributed by atoms with Crippen molar-refractivity contribution in [2.45, 2.75) is 37.8 Å². The maximum Gasteiger partial charge on any atom is 0.294 e. The van der Waals surface area contributed by atoms with E-state index in [0.717, 1.165) is 31.1 Å². The summed E-state index contributed by atoms with van der Waals surface area (Å²) in [6, 6.07) is 5.00. The normalized spacial score (nSPS) is 20.9. The molecule has 3 N–H and O–H groups in total. The third-order valence-corrected chi connectivity index (χ3v) is 7.00. The second-order valence-electron chi connectivity index (χ2n) is 8.29. The van der Waals surface area contributed by atoms with Gasteiger partial charge in [0.05, 0.1) is 5.39 Å². The molecule has 4 heterocycles. The fraction of sp³-hybridized carbons (Fsp3) is 0.368. The molecule has 148 valence electrons. The van der Waals surface area contributed by atoms with Crippen LogP contribution in [0.1, 0.15) is 42.6 Å². The zero-order valence-electron chi connectivity index (χ0n) is 15.4. The van der Waals surface area contributed by atoms with Crippen LogP contribution in [-0.4, -0.2) is 31.2 Å². The molecular weight excluding hydrogens is 394 g/mol. The molecule has 2 saturated carbocycles. The highest BCUT2D eigenvalue weighted by molar-refractivity contribution is 6.23. The zero-order chi connectivity index (χ0) is 19.8. The zero-order valence-corrected chi connectivity index (χ0v) is 16.2. The van der Waals surface area contributed by atoms with Crippen LogP contribution < -0.4 is 20.7 Å². The smallest absolute Gasteiger partial charge is 0.294 e. The monoisotopic (exact) mass is 411 g/mol. The number of pyridine rings is 1. The van der Waals surface area contributed by atoms with Gasteiger partial charge in [0.15, 0.2) is 0 Å². The van der Waals surface area contributed by atoms with Crippen LogP contribution >= 0.6 is 11.8 Å². The molecule has 1 amide bonds. The highest BCUT2D eigenvalue weighted by Crippen LogP contribution is 2.61. The van der Waals surface area contributed by atoms with E-state index in [4.69, 9.17) is 11.8 Å². The van der Waals surface area contributed by atoms with Crippen LogP contribution in [0.5, 0.6) is 0 Å². The van der Waals surface area contributed by atoms with Crippen molar-refractivity contribution < 1.29 is 4.79 Å². The summed E-state index contributed by atoms with van der Waals surface area (Å²) >= 11 is 6.66. The number of anilines is 2. The third-order valence-electron chi connectivity index (χ3n) is 6.52. The summed E-state index contributed by atoms with van der Waals surface area (Å²) in [4.78, 5) is 37.4. The van der Waals surface area contributed by atoms with E-state index < -0.39 is 11.2 Å². The minimum Gasteiger partial charge on any atom is -0.346 e. The van der Waals surface area contributed by atoms with E-state index in [0.29, 0.717) is 11.5 Å². The first-order valence-corrected chi connectivity index (χ1v) is 9.94. The van der Waals surface area contributed by atoms with Crippen molar-refractivity contribution in [2.75, 3.05) is 9.84 Å². The van der Waals surface area contributed by atoms with Crippen molar-refractivity contribution in [1.82, 2.24) is 24.9 Å². The number of aromatic nitrogens is 4. The number of carbonyl (C=O) groups is 1. The van der Waals surface area contributed by atoms with Gasteiger partial charge in [-0.3, -0.25) is 9.59 Å². The second-order valence-corrected chi connectivity index (χ2v) is 8.61. The van der Waals surface area contributed by atoms with Crippen molar-refractivity contribution in [3.05, 3.63) is 46.8 Å². The lowest BCUT2D eigenvalue weighted by atomic mass is 9.51. The largest absolute Gasteiger partial charge is 0.346 e. The Morgan fingerprint density at radius 1 is 1.14 bits per heavy atom. The number of nitrogens with zero attached hydrogens (tertiary/aromatic N) is 4. The predicted octanol–water partition coefficient (Wildman–Crippen LogP) is 2.36. The Bertz CT molecular complexity index is 1220. The van der Waals surface area contributed by atoms with Crippen LogP contribution in [-0.2, 0) is 0 Å². The van der Waals surface area contributed by atoms with E-state index in [9.17, 15) is 9.59 Å². The Morgan fingerprint density at radius 3 is 2.72 bits per heavy atom. The number of fused-ring (bicyclic) bond motifs is 2. The van der Waals surface area contributed by atoms with Gasteiger partial charge in [-0.15, -0.1) is 0 Å². The number of amides is 1. The number of halogens is 1. The van der Waals surface area contributed by atoms with Crippen LogP contribution in [0.4, 0.5) is 11.5 Å². The van der Waals surface area contributed by atoms with E-state index >= 15 is 0 Å². The van der Waals surface area contributed by atoms with Crippen LogP contribution in [0.25, 0.3) is 11.0 Å². The molecule has 10 heteroatoms. The second kappa shape index (κ2) is 5.50. The highest BCUT2D eigenvalue weighted by Gasteiger charge is 2.62. The lowest BCUT2D eigenvalue weighted by Crippen LogP contribution is -2.76. The standard InChI is InChI=1S/C19H18ClN7O2/c20-27-19(8-18(9-19)5-1-6-18)25-16(28)13-3-2-12(17(29)26(13)27)24-15-11-4-7-21-14(11)22-10-23-15/h2-4,7,10H,1,5-6,8-9H2,(H,25,28)(H2,21,22,23,24). The maximum atomic E-state index is 13.3. The van der Waals surface area contributed by atoms with Crippen molar-refractivity contribution in [1.29, 1.82) is 0 Å². The SMILES string of the molecule is O=C1NC2(CC3(CCC3)C2)N(Cl)n2c1ccc(Nc1ncnc3[nH]ccc13)c2=O. The molecule has 9 nitrogen and oxygen atoms in total. The maximum absolute atomic E-state index is 13.3. The van der Waals surface area contributed by atoms with Gasteiger partial charge in [-0.2, -0.15) is 9.20 Å². The molecule has 0 atom stereocenters. The van der Waals surface area contributed by atoms with Gasteiger partial charge in [0.1, 0.15) is 34.8 Å². The number of nitrogens with one attached hydrogen (secondary N) is 3. The van der Waals surface area contributed by atoms with E-state index in [2.05, 4.69) is 25.6 Å². The van der Waals surface area contributed by atoms with Crippen LogP contribution in [0.15, 0.2) is 35.5 Å². The number of carbonyl (C=O) groups excluding carboxylic acids is 1. The molecule has 2 fully saturated rings. The van der Waals surface area contributed by atoms with E-state index in [1.807, 2.05) is 6.07 Å². The molecule has 0 unspecified atom stereocenters. The molecular formula is C19H18ClN7O2. The molecule has 0 radical (unpaired) electrons. The summed E-state index contributed by atoms with van der Waals surface area (Å²) in [6.45, 7) is 0. The number of hydrogen-bond donors (Lipinski definition) is 3. The summed E-state index contributed by atoms with van der Waals surface area (Å²) in [5, 5.41) is 6.85. The fourth-order valence-electron chi connectivity index (χ4n) is 5.02. The summed E-state index contributed by atoms with van der Waals surface area (Å²) in [6.07, 6.45) is 8.20. The highest BCUT2D eigenvalue weighted by atomic mass is 35.5. The average molecular weight is 412 g/mol. The molecule has 3 aromatic heterocycles. The molecule has 2 spiro atoms. The van der Waals surface area contributed by atoms with Crippen LogP contribution in [0.3, 0.4) is 0 Å². The van der Waals surface area contributed by atoms with E-state index in [-0.39, 0.29) is 22.7 Å². The van der Waals surface area contributed by atoms with E-state index in [1.165, 1.54) is 22.0 Å². The van der Waals surface area contributed by atoms with Crippen molar-refractivity contribution >= 4 is 40.2 Å². The molecule has 0 saturated heterocycles. The lowest BCUT2D eigenvalue weighted by molar-refractivity contribution is -0.0632. The minimum absolute atomic E-state index is 0.213. The van der Waals surface area contributed by atoms with Crippen molar-refractivity contribution in [3.8, 4) is 0 Å². The van der Waals surface area contributed by atoms with Gasteiger partial charge in [-0.25, -0.2) is 9.97 Å². The molecule has 1 aliphatic heterocycles. The Labute approximate surface area is 170 Å². The summed E-state index contributed by atoms with van der Waals surface area (Å²) in [5.41, 5.74) is 0.310. The lowest BCUT2D eigenvalue weighted by Gasteiger charge is -2.63. The summed E-state index contributed by atoms with van der Waals surface area (Å²) in [7, 11) is 0. The first-order chi connectivity index (χ1) is 14.0. The van der Waals surface area contributed by atoms with Crippen LogP contribution in [0.2, 0.25) is 0 Å². The quantitative estimate of drug-likeness (QED) is 0.559. The van der Waals surface area contributed by atoms with E-state index in [1.54, 1.807) is 18.3 Å². The Balaban J connectivity index is 1.40. The Hall–Kier alpha value is -3.07. The summed E-state index contributed by atoms with van der Waals surface area (Å²) < 4.78 is 2.65. The van der Waals surface area contributed by atoms with Crippen molar-refractivity contribution in [2.24, 2.45) is 5.41 Å². The Morgan fingerprint density at radius 2 is 1.97 bits per heavy atom. The molecule has 29 heavy (non-hydrogen) atoms. The van der Waals surface area contributed by atoms with Gasteiger partial charge < -0.3 is 15.6 Å². The van der Waals surface area contributed by atoms with Gasteiger partial charge in [0, 0.05) is 18.0 Å². The Kier molecular flexibility index (Phi) is 3.20. The fourth-order valence-corrected chi connectivity index (χ4v) is 5.33. The number of rotatable bonds is 2. The predicted molar refractivity (Wildman–Crippen MR) is 108 cm³/mol. The number of H-pyrrole nitrogens is 1. The molecule has 3 aromatic rings. The molecule has 0 bridgehead atoms. The molecule has 2 aliphatic carbocycles. The van der Waals surface area contributed by atoms with Gasteiger partial charge in [0.2, 0.25) is 0 Å². The topological polar surface area (TPSA) is 108 Å².